The smallest absolute Gasteiger partial charge is 0.354 e. The van der Waals surface area contributed by atoms with Gasteiger partial charge in [-0.2, -0.15) is 4.98 Å². The van der Waals surface area contributed by atoms with Gasteiger partial charge in [0.2, 0.25) is 0 Å². The number of nitrogens with two attached hydrogens (primary N) is 1. The fraction of sp³-hybridized carbons (Fsp3) is 0.222. The van der Waals surface area contributed by atoms with E-state index in [0.29, 0.717) is 33.3 Å². The molecule has 6 heteroatoms. The Balaban J connectivity index is 2.15. The number of anilines is 1. The Labute approximate surface area is 143 Å². The highest BCUT2D eigenvalue weighted by Gasteiger charge is 2.26. The zero-order chi connectivity index (χ0) is 16.8. The van der Waals surface area contributed by atoms with Gasteiger partial charge < -0.3 is 10.5 Å². The van der Waals surface area contributed by atoms with Gasteiger partial charge >= 0.3 is 5.69 Å². The van der Waals surface area contributed by atoms with Crippen molar-refractivity contribution in [2.45, 2.75) is 18.8 Å². The first-order chi connectivity index (χ1) is 11.6. The van der Waals surface area contributed by atoms with E-state index in [0.717, 1.165) is 18.4 Å². The second-order valence-corrected chi connectivity index (χ2v) is 6.37. The van der Waals surface area contributed by atoms with Crippen molar-refractivity contribution in [1.82, 2.24) is 9.55 Å². The summed E-state index contributed by atoms with van der Waals surface area (Å²) < 4.78 is 7.02. The number of aromatic nitrogens is 2. The standard InChI is InChI=1S/C18H16ClN3O2/c1-24-15-9-11(10-6-7-10)8-14-16(15)17(20)21-18(23)22(14)13-5-3-2-4-12(13)19/h2-5,8-10H,6-7H2,1H3,(H2,20,21,23). The molecular weight excluding hydrogens is 326 g/mol. The molecule has 1 saturated carbocycles. The van der Waals surface area contributed by atoms with Gasteiger partial charge in [0, 0.05) is 0 Å². The van der Waals surface area contributed by atoms with Gasteiger partial charge in [-0.05, 0) is 48.6 Å². The van der Waals surface area contributed by atoms with Crippen molar-refractivity contribution in [2.75, 3.05) is 12.8 Å². The number of hydrogen-bond donors (Lipinski definition) is 1. The number of benzene rings is 2. The largest absolute Gasteiger partial charge is 0.496 e. The lowest BCUT2D eigenvalue weighted by molar-refractivity contribution is 0.419. The molecule has 0 atom stereocenters. The molecule has 0 saturated heterocycles. The minimum atomic E-state index is -0.455. The van der Waals surface area contributed by atoms with Crippen LogP contribution in [0.5, 0.6) is 5.75 Å². The Morgan fingerprint density at radius 3 is 2.71 bits per heavy atom. The Bertz CT molecular complexity index is 1010. The molecule has 2 N–H and O–H groups in total. The van der Waals surface area contributed by atoms with Crippen LogP contribution >= 0.6 is 11.6 Å². The van der Waals surface area contributed by atoms with Crippen LogP contribution in [-0.4, -0.2) is 16.7 Å². The van der Waals surface area contributed by atoms with Gasteiger partial charge in [0.15, 0.2) is 0 Å². The molecule has 122 valence electrons. The third-order valence-corrected chi connectivity index (χ3v) is 4.69. The van der Waals surface area contributed by atoms with E-state index in [1.165, 1.54) is 4.57 Å². The van der Waals surface area contributed by atoms with Gasteiger partial charge in [-0.3, -0.25) is 4.57 Å². The fourth-order valence-corrected chi connectivity index (χ4v) is 3.27. The van der Waals surface area contributed by atoms with E-state index in [1.54, 1.807) is 19.2 Å². The summed E-state index contributed by atoms with van der Waals surface area (Å²) in [5.74, 6) is 1.30. The SMILES string of the molecule is COc1cc(C2CC2)cc2c1c(N)nc(=O)n2-c1ccccc1Cl. The molecule has 0 spiro atoms. The van der Waals surface area contributed by atoms with Crippen molar-refractivity contribution in [2.24, 2.45) is 0 Å². The molecular formula is C18H16ClN3O2. The van der Waals surface area contributed by atoms with Gasteiger partial charge in [-0.1, -0.05) is 23.7 Å². The van der Waals surface area contributed by atoms with Crippen LogP contribution < -0.4 is 16.2 Å². The van der Waals surface area contributed by atoms with Crippen molar-refractivity contribution in [3.05, 3.63) is 57.5 Å². The first-order valence-electron chi connectivity index (χ1n) is 7.75. The third-order valence-electron chi connectivity index (χ3n) is 4.37. The monoisotopic (exact) mass is 341 g/mol. The van der Waals surface area contributed by atoms with Crippen LogP contribution in [0.15, 0.2) is 41.2 Å². The van der Waals surface area contributed by atoms with E-state index in [1.807, 2.05) is 24.3 Å². The summed E-state index contributed by atoms with van der Waals surface area (Å²) >= 11 is 6.31. The minimum Gasteiger partial charge on any atom is -0.496 e. The van der Waals surface area contributed by atoms with Gasteiger partial charge in [-0.15, -0.1) is 0 Å². The predicted octanol–water partition coefficient (Wildman–Crippen LogP) is 3.51. The van der Waals surface area contributed by atoms with Gasteiger partial charge in [0.25, 0.3) is 0 Å². The fourth-order valence-electron chi connectivity index (χ4n) is 3.05. The summed E-state index contributed by atoms with van der Waals surface area (Å²) in [5.41, 5.74) is 7.96. The van der Waals surface area contributed by atoms with Crippen molar-refractivity contribution >= 4 is 28.3 Å². The van der Waals surface area contributed by atoms with E-state index < -0.39 is 5.69 Å². The molecule has 1 aliphatic carbocycles. The maximum atomic E-state index is 12.6. The highest BCUT2D eigenvalue weighted by molar-refractivity contribution is 6.32. The molecule has 0 aliphatic heterocycles. The average Bonchev–Trinajstić information content (AvgIpc) is 3.40. The zero-order valence-corrected chi connectivity index (χ0v) is 13.9. The van der Waals surface area contributed by atoms with Crippen LogP contribution in [0, 0.1) is 0 Å². The Hall–Kier alpha value is -2.53. The molecule has 0 amide bonds. The maximum absolute atomic E-state index is 12.6. The van der Waals surface area contributed by atoms with Gasteiger partial charge in [0.05, 0.1) is 28.7 Å². The summed E-state index contributed by atoms with van der Waals surface area (Å²) in [6.45, 7) is 0. The number of hydrogen-bond acceptors (Lipinski definition) is 4. The summed E-state index contributed by atoms with van der Waals surface area (Å²) in [5, 5.41) is 1.10. The van der Waals surface area contributed by atoms with Crippen LogP contribution in [-0.2, 0) is 0 Å². The normalized spacial score (nSPS) is 14.1. The topological polar surface area (TPSA) is 70.1 Å². The van der Waals surface area contributed by atoms with Crippen molar-refractivity contribution < 1.29 is 4.74 Å². The van der Waals surface area contributed by atoms with Crippen molar-refractivity contribution in [3.63, 3.8) is 0 Å². The maximum Gasteiger partial charge on any atom is 0.354 e. The zero-order valence-electron chi connectivity index (χ0n) is 13.1. The van der Waals surface area contributed by atoms with Crippen molar-refractivity contribution in [1.29, 1.82) is 0 Å². The molecule has 0 unspecified atom stereocenters. The van der Waals surface area contributed by atoms with E-state index in [4.69, 9.17) is 22.1 Å². The third kappa shape index (κ3) is 2.32. The van der Waals surface area contributed by atoms with Crippen LogP contribution in [0.4, 0.5) is 5.82 Å². The number of halogens is 1. The minimum absolute atomic E-state index is 0.164. The summed E-state index contributed by atoms with van der Waals surface area (Å²) in [6, 6.07) is 11.2. The number of nitrogen functional groups attached to an aromatic ring is 1. The highest BCUT2D eigenvalue weighted by atomic mass is 35.5. The second kappa shape index (κ2) is 5.53. The first kappa shape index (κ1) is 15.0. The average molecular weight is 342 g/mol. The van der Waals surface area contributed by atoms with Crippen LogP contribution in [0.1, 0.15) is 24.3 Å². The molecule has 3 aromatic rings. The van der Waals surface area contributed by atoms with E-state index in [9.17, 15) is 4.79 Å². The Morgan fingerprint density at radius 1 is 1.29 bits per heavy atom. The molecule has 1 heterocycles. The molecule has 2 aromatic carbocycles. The highest BCUT2D eigenvalue weighted by Crippen LogP contribution is 2.44. The number of rotatable bonds is 3. The lowest BCUT2D eigenvalue weighted by Gasteiger charge is -2.16. The van der Waals surface area contributed by atoms with Gasteiger partial charge in [0.1, 0.15) is 11.6 Å². The summed E-state index contributed by atoms with van der Waals surface area (Å²) in [6.07, 6.45) is 2.29. The lowest BCUT2D eigenvalue weighted by Crippen LogP contribution is -2.23. The number of nitrogens with zero attached hydrogens (tertiary/aromatic N) is 2. The van der Waals surface area contributed by atoms with Crippen molar-refractivity contribution in [3.8, 4) is 11.4 Å². The number of fused-ring (bicyclic) bond motifs is 1. The number of para-hydroxylation sites is 1. The predicted molar refractivity (Wildman–Crippen MR) is 95.3 cm³/mol. The molecule has 1 aliphatic rings. The molecule has 1 fully saturated rings. The molecule has 0 bridgehead atoms. The van der Waals surface area contributed by atoms with E-state index in [2.05, 4.69) is 4.98 Å². The molecule has 24 heavy (non-hydrogen) atoms. The Morgan fingerprint density at radius 2 is 2.04 bits per heavy atom. The second-order valence-electron chi connectivity index (χ2n) is 5.96. The number of ether oxygens (including phenoxy) is 1. The van der Waals surface area contributed by atoms with Crippen LogP contribution in [0.2, 0.25) is 5.02 Å². The molecule has 1 aromatic heterocycles. The van der Waals surface area contributed by atoms with Crippen LogP contribution in [0.25, 0.3) is 16.6 Å². The summed E-state index contributed by atoms with van der Waals surface area (Å²) in [7, 11) is 1.59. The lowest BCUT2D eigenvalue weighted by atomic mass is 10.1. The molecule has 0 radical (unpaired) electrons. The van der Waals surface area contributed by atoms with E-state index >= 15 is 0 Å². The van der Waals surface area contributed by atoms with E-state index in [-0.39, 0.29) is 5.82 Å². The number of methoxy groups -OCH3 is 1. The molecule has 5 nitrogen and oxygen atoms in total. The van der Waals surface area contributed by atoms with Gasteiger partial charge in [-0.25, -0.2) is 4.79 Å². The Kier molecular flexibility index (Phi) is 3.46. The van der Waals surface area contributed by atoms with Crippen LogP contribution in [0.3, 0.4) is 0 Å². The quantitative estimate of drug-likeness (QED) is 0.791. The molecule has 4 rings (SSSR count). The first-order valence-corrected chi connectivity index (χ1v) is 8.13. The summed E-state index contributed by atoms with van der Waals surface area (Å²) in [4.78, 5) is 16.5.